The SMILES string of the molecule is COc1cc(NC(=O)[C@@H](CC(C)C)N(C(=O)O)C(C)(C)C)ccc1-c1ccncn1. The van der Waals surface area contributed by atoms with Gasteiger partial charge in [-0.2, -0.15) is 0 Å². The van der Waals surface area contributed by atoms with Crippen molar-refractivity contribution < 1.29 is 19.4 Å². The molecule has 2 rings (SSSR count). The number of nitrogens with one attached hydrogen (secondary N) is 1. The van der Waals surface area contributed by atoms with Crippen LogP contribution >= 0.6 is 0 Å². The zero-order chi connectivity index (χ0) is 22.5. The maximum absolute atomic E-state index is 13.1. The van der Waals surface area contributed by atoms with E-state index in [2.05, 4.69) is 15.3 Å². The first kappa shape index (κ1) is 23.1. The van der Waals surface area contributed by atoms with E-state index in [1.165, 1.54) is 11.2 Å². The van der Waals surface area contributed by atoms with E-state index in [0.717, 1.165) is 5.56 Å². The minimum Gasteiger partial charge on any atom is -0.496 e. The van der Waals surface area contributed by atoms with E-state index >= 15 is 0 Å². The van der Waals surface area contributed by atoms with E-state index in [-0.39, 0.29) is 11.8 Å². The molecule has 0 radical (unpaired) electrons. The first-order valence-electron chi connectivity index (χ1n) is 9.82. The van der Waals surface area contributed by atoms with Gasteiger partial charge in [0.1, 0.15) is 18.1 Å². The standard InChI is InChI=1S/C22H30N4O4/c1-14(2)11-18(26(21(28)29)22(3,4)5)20(27)25-15-7-8-16(19(12-15)30-6)17-9-10-23-13-24-17/h7-10,12-14,18H,11H2,1-6H3,(H,25,27)(H,28,29)/t18-/m1/s1. The number of carbonyl (C=O) groups is 2. The van der Waals surface area contributed by atoms with E-state index in [9.17, 15) is 14.7 Å². The highest BCUT2D eigenvalue weighted by atomic mass is 16.5. The first-order chi connectivity index (χ1) is 14.0. The number of carbonyl (C=O) groups excluding carboxylic acids is 1. The normalized spacial score (nSPS) is 12.4. The molecule has 2 N–H and O–H groups in total. The molecule has 2 aromatic rings. The number of methoxy groups -OCH3 is 1. The summed E-state index contributed by atoms with van der Waals surface area (Å²) < 4.78 is 5.47. The number of hydrogen-bond acceptors (Lipinski definition) is 5. The molecule has 1 atom stereocenters. The van der Waals surface area contributed by atoms with E-state index in [4.69, 9.17) is 4.74 Å². The van der Waals surface area contributed by atoms with Crippen LogP contribution in [-0.2, 0) is 4.79 Å². The molecule has 1 aromatic heterocycles. The van der Waals surface area contributed by atoms with Crippen molar-refractivity contribution >= 4 is 17.7 Å². The molecule has 30 heavy (non-hydrogen) atoms. The second kappa shape index (κ2) is 9.56. The second-order valence-electron chi connectivity index (χ2n) is 8.47. The molecular weight excluding hydrogens is 384 g/mol. The fraction of sp³-hybridized carbons (Fsp3) is 0.455. The largest absolute Gasteiger partial charge is 0.496 e. The van der Waals surface area contributed by atoms with E-state index in [0.29, 0.717) is 23.6 Å². The minimum absolute atomic E-state index is 0.139. The Morgan fingerprint density at radius 3 is 2.43 bits per heavy atom. The van der Waals surface area contributed by atoms with Crippen LogP contribution in [0.4, 0.5) is 10.5 Å². The number of aromatic nitrogens is 2. The molecule has 1 heterocycles. The van der Waals surface area contributed by atoms with Gasteiger partial charge in [0.05, 0.1) is 12.8 Å². The Morgan fingerprint density at radius 2 is 1.93 bits per heavy atom. The predicted molar refractivity (Wildman–Crippen MR) is 116 cm³/mol. The lowest BCUT2D eigenvalue weighted by Gasteiger charge is -2.39. The lowest BCUT2D eigenvalue weighted by atomic mass is 9.96. The van der Waals surface area contributed by atoms with E-state index < -0.39 is 17.7 Å². The molecular formula is C22H30N4O4. The van der Waals surface area contributed by atoms with Gasteiger partial charge in [-0.15, -0.1) is 0 Å². The smallest absolute Gasteiger partial charge is 0.408 e. The predicted octanol–water partition coefficient (Wildman–Crippen LogP) is 4.28. The Balaban J connectivity index is 2.34. The van der Waals surface area contributed by atoms with Crippen molar-refractivity contribution in [1.29, 1.82) is 0 Å². The van der Waals surface area contributed by atoms with Gasteiger partial charge in [-0.1, -0.05) is 13.8 Å². The van der Waals surface area contributed by atoms with Crippen molar-refractivity contribution in [2.24, 2.45) is 5.92 Å². The van der Waals surface area contributed by atoms with Crippen molar-refractivity contribution in [3.05, 3.63) is 36.8 Å². The molecule has 0 aliphatic rings. The van der Waals surface area contributed by atoms with Crippen LogP contribution in [0.5, 0.6) is 5.75 Å². The summed E-state index contributed by atoms with van der Waals surface area (Å²) in [6.45, 7) is 9.26. The van der Waals surface area contributed by atoms with E-state index in [1.807, 2.05) is 13.8 Å². The molecule has 1 aromatic carbocycles. The summed E-state index contributed by atoms with van der Waals surface area (Å²) >= 11 is 0. The average molecular weight is 415 g/mol. The molecule has 8 nitrogen and oxygen atoms in total. The highest BCUT2D eigenvalue weighted by molar-refractivity contribution is 5.97. The summed E-state index contributed by atoms with van der Waals surface area (Å²) in [6.07, 6.45) is 2.38. The Kier molecular flexibility index (Phi) is 7.37. The van der Waals surface area contributed by atoms with Crippen LogP contribution in [0.3, 0.4) is 0 Å². The maximum Gasteiger partial charge on any atom is 0.408 e. The second-order valence-corrected chi connectivity index (χ2v) is 8.47. The van der Waals surface area contributed by atoms with Gasteiger partial charge in [-0.25, -0.2) is 14.8 Å². The Morgan fingerprint density at radius 1 is 1.23 bits per heavy atom. The van der Waals surface area contributed by atoms with Gasteiger partial charge < -0.3 is 15.2 Å². The molecule has 0 unspecified atom stereocenters. The van der Waals surface area contributed by atoms with Gasteiger partial charge in [0.15, 0.2) is 0 Å². The fourth-order valence-corrected chi connectivity index (χ4v) is 3.32. The van der Waals surface area contributed by atoms with Gasteiger partial charge in [0.25, 0.3) is 0 Å². The van der Waals surface area contributed by atoms with Gasteiger partial charge in [-0.3, -0.25) is 9.69 Å². The number of hydrogen-bond donors (Lipinski definition) is 2. The number of carboxylic acid groups (broad SMARTS) is 1. The topological polar surface area (TPSA) is 105 Å². The van der Waals surface area contributed by atoms with Crippen LogP contribution in [0.15, 0.2) is 36.8 Å². The third-order valence-electron chi connectivity index (χ3n) is 4.56. The molecule has 0 fully saturated rings. The molecule has 0 bridgehead atoms. The molecule has 0 saturated heterocycles. The number of rotatable bonds is 7. The first-order valence-corrected chi connectivity index (χ1v) is 9.82. The van der Waals surface area contributed by atoms with Crippen LogP contribution in [0.1, 0.15) is 41.0 Å². The monoisotopic (exact) mass is 414 g/mol. The van der Waals surface area contributed by atoms with Crippen molar-refractivity contribution in [2.75, 3.05) is 12.4 Å². The Bertz CT molecular complexity index is 878. The summed E-state index contributed by atoms with van der Waals surface area (Å²) in [5.74, 6) is 0.301. The fourth-order valence-electron chi connectivity index (χ4n) is 3.32. The highest BCUT2D eigenvalue weighted by Crippen LogP contribution is 2.31. The van der Waals surface area contributed by atoms with Crippen molar-refractivity contribution in [1.82, 2.24) is 14.9 Å². The van der Waals surface area contributed by atoms with Gasteiger partial charge in [0.2, 0.25) is 5.91 Å². The van der Waals surface area contributed by atoms with Crippen molar-refractivity contribution in [3.63, 3.8) is 0 Å². The molecule has 0 spiro atoms. The van der Waals surface area contributed by atoms with Crippen LogP contribution in [0.2, 0.25) is 0 Å². The van der Waals surface area contributed by atoms with Gasteiger partial charge in [0, 0.05) is 29.1 Å². The lowest BCUT2D eigenvalue weighted by Crippen LogP contribution is -2.55. The highest BCUT2D eigenvalue weighted by Gasteiger charge is 2.37. The average Bonchev–Trinajstić information content (AvgIpc) is 2.66. The summed E-state index contributed by atoms with van der Waals surface area (Å²) in [4.78, 5) is 34.4. The van der Waals surface area contributed by atoms with Crippen LogP contribution in [0.25, 0.3) is 11.3 Å². The van der Waals surface area contributed by atoms with Gasteiger partial charge >= 0.3 is 6.09 Å². The number of nitrogens with zero attached hydrogens (tertiary/aromatic N) is 3. The van der Waals surface area contributed by atoms with E-state index in [1.54, 1.807) is 58.3 Å². The molecule has 0 aliphatic carbocycles. The van der Waals surface area contributed by atoms with Crippen molar-refractivity contribution in [2.45, 2.75) is 52.6 Å². The quantitative estimate of drug-likeness (QED) is 0.700. The maximum atomic E-state index is 13.1. The number of ether oxygens (including phenoxy) is 1. The third kappa shape index (κ3) is 5.68. The zero-order valence-electron chi connectivity index (χ0n) is 18.3. The summed E-state index contributed by atoms with van der Waals surface area (Å²) in [5.41, 5.74) is 1.25. The molecule has 8 heteroatoms. The number of anilines is 1. The molecule has 2 amide bonds. The third-order valence-corrected chi connectivity index (χ3v) is 4.56. The summed E-state index contributed by atoms with van der Waals surface area (Å²) in [7, 11) is 1.54. The van der Waals surface area contributed by atoms with Crippen LogP contribution in [-0.4, -0.2) is 50.7 Å². The summed E-state index contributed by atoms with van der Waals surface area (Å²) in [6, 6.07) is 6.18. The molecule has 162 valence electrons. The van der Waals surface area contributed by atoms with Crippen LogP contribution in [0, 0.1) is 5.92 Å². The minimum atomic E-state index is -1.13. The Hall–Kier alpha value is -3.16. The lowest BCUT2D eigenvalue weighted by molar-refractivity contribution is -0.123. The zero-order valence-corrected chi connectivity index (χ0v) is 18.3. The Labute approximate surface area is 177 Å². The molecule has 0 aliphatic heterocycles. The van der Waals surface area contributed by atoms with Crippen LogP contribution < -0.4 is 10.1 Å². The number of amides is 2. The summed E-state index contributed by atoms with van der Waals surface area (Å²) in [5, 5.41) is 12.6. The van der Waals surface area contributed by atoms with Gasteiger partial charge in [-0.05, 0) is 51.3 Å². The molecule has 0 saturated carbocycles. The van der Waals surface area contributed by atoms with Crippen molar-refractivity contribution in [3.8, 4) is 17.0 Å². The number of benzene rings is 1.